The number of rotatable bonds is 1. The average molecular weight is 192 g/mol. The van der Waals surface area contributed by atoms with E-state index in [4.69, 9.17) is 0 Å². The molecule has 0 aliphatic heterocycles. The summed E-state index contributed by atoms with van der Waals surface area (Å²) >= 11 is 0. The van der Waals surface area contributed by atoms with Crippen LogP contribution in [0.5, 0.6) is 0 Å². The van der Waals surface area contributed by atoms with E-state index in [-0.39, 0.29) is 5.41 Å². The van der Waals surface area contributed by atoms with E-state index in [9.17, 15) is 9.90 Å². The van der Waals surface area contributed by atoms with Crippen LogP contribution in [0.15, 0.2) is 0 Å². The number of hydrogen-bond donors (Lipinski definition) is 1. The van der Waals surface area contributed by atoms with Gasteiger partial charge >= 0.3 is 5.97 Å². The molecule has 0 aromatic carbocycles. The topological polar surface area (TPSA) is 37.3 Å². The molecule has 0 aromatic rings. The Hall–Kier alpha value is -0.530. The van der Waals surface area contributed by atoms with E-state index < -0.39 is 5.97 Å². The Kier molecular flexibility index (Phi) is 1.12. The zero-order chi connectivity index (χ0) is 9.50. The van der Waals surface area contributed by atoms with Crippen molar-refractivity contribution in [3.05, 3.63) is 0 Å². The summed E-state index contributed by atoms with van der Waals surface area (Å²) in [4.78, 5) is 11.5. The summed E-state index contributed by atoms with van der Waals surface area (Å²) in [6.45, 7) is 0. The first-order chi connectivity index (χ1) is 6.78. The van der Waals surface area contributed by atoms with Crippen LogP contribution >= 0.6 is 0 Å². The lowest BCUT2D eigenvalue weighted by molar-refractivity contribution is -0.148. The number of hydrogen-bond acceptors (Lipinski definition) is 1. The van der Waals surface area contributed by atoms with Crippen LogP contribution in [-0.2, 0) is 4.79 Å². The van der Waals surface area contributed by atoms with Crippen LogP contribution < -0.4 is 0 Å². The van der Waals surface area contributed by atoms with Gasteiger partial charge in [0.25, 0.3) is 0 Å². The van der Waals surface area contributed by atoms with Gasteiger partial charge in [0.15, 0.2) is 0 Å². The van der Waals surface area contributed by atoms with Crippen molar-refractivity contribution in [2.45, 2.75) is 32.1 Å². The zero-order valence-electron chi connectivity index (χ0n) is 8.28. The van der Waals surface area contributed by atoms with Crippen molar-refractivity contribution in [1.29, 1.82) is 0 Å². The van der Waals surface area contributed by atoms with Gasteiger partial charge in [0.05, 0.1) is 5.41 Å². The fraction of sp³-hybridized carbons (Fsp3) is 0.917. The van der Waals surface area contributed by atoms with Crippen molar-refractivity contribution in [2.75, 3.05) is 0 Å². The van der Waals surface area contributed by atoms with Crippen LogP contribution in [0.3, 0.4) is 0 Å². The Bertz CT molecular complexity index is 322. The highest BCUT2D eigenvalue weighted by Gasteiger charge is 2.83. The number of fused-ring (bicyclic) bond motifs is 1. The molecule has 6 unspecified atom stereocenters. The number of carbonyl (C=O) groups is 1. The maximum Gasteiger partial charge on any atom is 0.310 e. The van der Waals surface area contributed by atoms with Gasteiger partial charge in [0.1, 0.15) is 0 Å². The summed E-state index contributed by atoms with van der Waals surface area (Å²) in [5.41, 5.74) is -0.204. The number of carboxylic acid groups (broad SMARTS) is 1. The summed E-state index contributed by atoms with van der Waals surface area (Å²) < 4.78 is 0. The third-order valence-electron chi connectivity index (χ3n) is 5.87. The third kappa shape index (κ3) is 0.535. The highest BCUT2D eigenvalue weighted by molar-refractivity contribution is 5.81. The van der Waals surface area contributed by atoms with E-state index >= 15 is 0 Å². The van der Waals surface area contributed by atoms with Gasteiger partial charge in [-0.3, -0.25) is 4.79 Å². The summed E-state index contributed by atoms with van der Waals surface area (Å²) in [7, 11) is 0. The molecule has 0 spiro atoms. The van der Waals surface area contributed by atoms with Crippen molar-refractivity contribution >= 4 is 5.97 Å². The first-order valence-electron chi connectivity index (χ1n) is 6.01. The molecular formula is C12H16O2. The lowest BCUT2D eigenvalue weighted by atomic mass is 9.63. The first kappa shape index (κ1) is 7.72. The molecule has 5 aliphatic carbocycles. The van der Waals surface area contributed by atoms with Gasteiger partial charge in [-0.25, -0.2) is 0 Å². The first-order valence-corrected chi connectivity index (χ1v) is 6.01. The Morgan fingerprint density at radius 3 is 2.64 bits per heavy atom. The fourth-order valence-electron chi connectivity index (χ4n) is 5.69. The SMILES string of the molecule is O=C(O)C12C3CCCC4C3CCC1C42. The van der Waals surface area contributed by atoms with Gasteiger partial charge in [-0.15, -0.1) is 0 Å². The second-order valence-electron chi connectivity index (χ2n) is 5.81. The van der Waals surface area contributed by atoms with E-state index in [1.807, 2.05) is 0 Å². The minimum atomic E-state index is -0.452. The van der Waals surface area contributed by atoms with Crippen LogP contribution in [-0.4, -0.2) is 11.1 Å². The summed E-state index contributed by atoms with van der Waals surface area (Å²) in [6, 6.07) is 0. The normalized spacial score (nSPS) is 62.4. The molecule has 14 heavy (non-hydrogen) atoms. The Morgan fingerprint density at radius 2 is 1.93 bits per heavy atom. The van der Waals surface area contributed by atoms with E-state index in [1.54, 1.807) is 0 Å². The van der Waals surface area contributed by atoms with Crippen molar-refractivity contribution in [2.24, 2.45) is 35.0 Å². The highest BCUT2D eigenvalue weighted by Crippen LogP contribution is 2.82. The average Bonchev–Trinajstić information content (AvgIpc) is 2.86. The van der Waals surface area contributed by atoms with Gasteiger partial charge in [-0.2, -0.15) is 0 Å². The smallest absolute Gasteiger partial charge is 0.310 e. The molecule has 5 saturated carbocycles. The lowest BCUT2D eigenvalue weighted by Crippen LogP contribution is -2.37. The summed E-state index contributed by atoms with van der Waals surface area (Å²) in [6.07, 6.45) is 6.39. The Balaban J connectivity index is 1.86. The van der Waals surface area contributed by atoms with Crippen LogP contribution in [0, 0.1) is 35.0 Å². The minimum absolute atomic E-state index is 0.204. The Morgan fingerprint density at radius 1 is 1.07 bits per heavy atom. The standard InChI is InChI=1S/C12H16O2/c13-11(14)12-8-3-1-2-7-6(8)4-5-9(12)10(7)12/h6-10H,1-5H2,(H,13,14). The fourth-order valence-corrected chi connectivity index (χ4v) is 5.69. The second-order valence-corrected chi connectivity index (χ2v) is 5.81. The molecule has 5 aliphatic rings. The minimum Gasteiger partial charge on any atom is -0.481 e. The van der Waals surface area contributed by atoms with Crippen LogP contribution in [0.2, 0.25) is 0 Å². The zero-order valence-corrected chi connectivity index (χ0v) is 8.28. The molecule has 76 valence electrons. The van der Waals surface area contributed by atoms with Crippen molar-refractivity contribution in [3.63, 3.8) is 0 Å². The summed E-state index contributed by atoms with van der Waals surface area (Å²) in [5.74, 6) is 2.92. The molecule has 6 atom stereocenters. The molecule has 2 nitrogen and oxygen atoms in total. The van der Waals surface area contributed by atoms with Crippen LogP contribution in [0.4, 0.5) is 0 Å². The quantitative estimate of drug-likeness (QED) is 0.691. The van der Waals surface area contributed by atoms with Crippen molar-refractivity contribution < 1.29 is 9.90 Å². The number of aliphatic carboxylic acids is 1. The van der Waals surface area contributed by atoms with Gasteiger partial charge in [0.2, 0.25) is 0 Å². The third-order valence-corrected chi connectivity index (χ3v) is 5.87. The summed E-state index contributed by atoms with van der Waals surface area (Å²) in [5, 5.41) is 9.48. The second kappa shape index (κ2) is 2.02. The van der Waals surface area contributed by atoms with Gasteiger partial charge in [-0.05, 0) is 55.3 Å². The van der Waals surface area contributed by atoms with E-state index in [1.165, 1.54) is 32.1 Å². The molecule has 0 aromatic heterocycles. The maximum atomic E-state index is 11.5. The Labute approximate surface area is 83.7 Å². The molecule has 0 heterocycles. The van der Waals surface area contributed by atoms with Gasteiger partial charge < -0.3 is 5.11 Å². The molecule has 0 saturated heterocycles. The van der Waals surface area contributed by atoms with Gasteiger partial charge in [-0.1, -0.05) is 6.42 Å². The highest BCUT2D eigenvalue weighted by atomic mass is 16.4. The van der Waals surface area contributed by atoms with Crippen molar-refractivity contribution in [1.82, 2.24) is 0 Å². The van der Waals surface area contributed by atoms with E-state index in [2.05, 4.69) is 0 Å². The lowest BCUT2D eigenvalue weighted by Gasteiger charge is -2.41. The molecular weight excluding hydrogens is 176 g/mol. The molecule has 2 heteroatoms. The van der Waals surface area contributed by atoms with Crippen LogP contribution in [0.25, 0.3) is 0 Å². The molecule has 0 amide bonds. The molecule has 1 N–H and O–H groups in total. The largest absolute Gasteiger partial charge is 0.481 e. The predicted octanol–water partition coefficient (Wildman–Crippen LogP) is 2.14. The molecule has 5 rings (SSSR count). The monoisotopic (exact) mass is 192 g/mol. The van der Waals surface area contributed by atoms with E-state index in [0.717, 1.165) is 11.8 Å². The van der Waals surface area contributed by atoms with Crippen molar-refractivity contribution in [3.8, 4) is 0 Å². The predicted molar refractivity (Wildman–Crippen MR) is 50.6 cm³/mol. The maximum absolute atomic E-state index is 11.5. The van der Waals surface area contributed by atoms with Gasteiger partial charge in [0, 0.05) is 0 Å². The molecule has 6 bridgehead atoms. The van der Waals surface area contributed by atoms with Crippen LogP contribution in [0.1, 0.15) is 32.1 Å². The van der Waals surface area contributed by atoms with E-state index in [0.29, 0.717) is 17.8 Å². The molecule has 5 fully saturated rings. The number of carboxylic acids is 1. The molecule has 0 radical (unpaired) electrons.